The highest BCUT2D eigenvalue weighted by Gasteiger charge is 2.43. The lowest BCUT2D eigenvalue weighted by molar-refractivity contribution is -0.151. The van der Waals surface area contributed by atoms with E-state index in [1.54, 1.807) is 66.4 Å². The monoisotopic (exact) mass is 1240 g/mol. The standard InChI is InChI=1S/C69H100N10O11/c1-17-44(6)58-67(88)73(11)46(8)65(86)77(15)55(40-49-27-21-18-22-28-49)63(84)71-59(48(10)80)68(89)74(12)47(9)64(85)76(14)53(37-42(2)3)62(83)72-60(69(90)79-35-25-20-26-36-79)52-33-31-51(32-34-52)45(7)39-57(81)75(13)56(41-50-29-23-19-24-30-50)66(87)78(16)54(38-43(4)5)61(82)70-58/h18-19,21-24,27-34,42-44,46-48,53-56,58-60,80H,7,17,20,25-26,35-41H2,1-6,8-16H3,(H,70,82)(H,71,84)(H,72,83)/t44-,46-,47-,48+,53-,54-,55-,56-,58-,59-,60-/m0/s1. The molecular weight excluding hydrogens is 1140 g/mol. The predicted octanol–water partition coefficient (Wildman–Crippen LogP) is 5.25. The Labute approximate surface area is 533 Å². The Kier molecular flexibility index (Phi) is 26.9. The summed E-state index contributed by atoms with van der Waals surface area (Å²) in [6.45, 7) is 20.7. The number of benzene rings is 3. The third kappa shape index (κ3) is 18.6. The van der Waals surface area contributed by atoms with Crippen LogP contribution in [0.3, 0.4) is 0 Å². The lowest BCUT2D eigenvalue weighted by atomic mass is 9.95. The lowest BCUT2D eigenvalue weighted by Gasteiger charge is -2.38. The van der Waals surface area contributed by atoms with Crippen LogP contribution in [0, 0.1) is 17.8 Å². The van der Waals surface area contributed by atoms with Crippen LogP contribution in [0.15, 0.2) is 91.5 Å². The van der Waals surface area contributed by atoms with Crippen molar-refractivity contribution in [2.45, 2.75) is 181 Å². The molecular formula is C69H100N10O11. The van der Waals surface area contributed by atoms with E-state index in [0.29, 0.717) is 41.8 Å². The molecule has 21 heteroatoms. The van der Waals surface area contributed by atoms with Crippen LogP contribution in [0.25, 0.3) is 5.57 Å². The highest BCUT2D eigenvalue weighted by atomic mass is 16.3. The zero-order valence-electron chi connectivity index (χ0n) is 55.7. The van der Waals surface area contributed by atoms with Gasteiger partial charge >= 0.3 is 0 Å². The Hall–Kier alpha value is -7.94. The molecule has 492 valence electrons. The zero-order valence-corrected chi connectivity index (χ0v) is 55.7. The minimum absolute atomic E-state index is 0.0644. The number of rotatable bonds is 12. The van der Waals surface area contributed by atoms with E-state index in [-0.39, 0.29) is 49.8 Å². The van der Waals surface area contributed by atoms with Crippen molar-refractivity contribution in [1.82, 2.24) is 50.2 Å². The van der Waals surface area contributed by atoms with Crippen molar-refractivity contribution in [2.75, 3.05) is 55.4 Å². The summed E-state index contributed by atoms with van der Waals surface area (Å²) in [5.41, 5.74) is 2.78. The van der Waals surface area contributed by atoms with Crippen molar-refractivity contribution in [3.63, 3.8) is 0 Å². The van der Waals surface area contributed by atoms with Gasteiger partial charge in [-0.1, -0.05) is 139 Å². The third-order valence-corrected chi connectivity index (χ3v) is 18.0. The summed E-state index contributed by atoms with van der Waals surface area (Å²) in [7, 11) is 8.66. The lowest BCUT2D eigenvalue weighted by Crippen LogP contribution is -2.62. The van der Waals surface area contributed by atoms with Gasteiger partial charge < -0.3 is 55.4 Å². The first-order valence-corrected chi connectivity index (χ1v) is 31.7. The maximum absolute atomic E-state index is 15.2. The van der Waals surface area contributed by atoms with Crippen LogP contribution in [-0.2, 0) is 60.8 Å². The number of aliphatic hydroxyl groups excluding tert-OH is 1. The number of aliphatic hydroxyl groups is 1. The molecule has 1 fully saturated rings. The maximum atomic E-state index is 15.2. The molecule has 3 aromatic carbocycles. The zero-order chi connectivity index (χ0) is 67.0. The van der Waals surface area contributed by atoms with E-state index in [4.69, 9.17) is 0 Å². The average Bonchev–Trinajstić information content (AvgIpc) is 3.08. The predicted molar refractivity (Wildman–Crippen MR) is 346 cm³/mol. The number of carbonyl (C=O) groups excluding carboxylic acids is 10. The molecule has 4 N–H and O–H groups in total. The largest absolute Gasteiger partial charge is 0.391 e. The molecule has 0 radical (unpaired) electrons. The number of hydrogen-bond acceptors (Lipinski definition) is 11. The van der Waals surface area contributed by atoms with Crippen LogP contribution < -0.4 is 16.0 Å². The SMILES string of the molecule is C=C1CC(=O)N(C)[C@@H](Cc2ccccc2)C(=O)N(C)[C@@H](CC(C)C)C(=O)N[C@@H]([C@@H](C)CC)C(=O)N(C)[C@@H](C)C(=O)N(C)[C@@H](Cc2ccccc2)C(=O)N[C@@H]([C@@H](C)O)C(=O)N(C)[C@@H](C)C(=O)N(C)[C@@H](CC(C)C)C(=O)N[C@H](C(=O)N2CCCCC2)c2ccc1cc2. The summed E-state index contributed by atoms with van der Waals surface area (Å²) in [4.78, 5) is 157. The smallest absolute Gasteiger partial charge is 0.249 e. The minimum Gasteiger partial charge on any atom is -0.391 e. The second-order valence-electron chi connectivity index (χ2n) is 25.6. The van der Waals surface area contributed by atoms with E-state index in [1.165, 1.54) is 87.6 Å². The second-order valence-corrected chi connectivity index (χ2v) is 25.6. The summed E-state index contributed by atoms with van der Waals surface area (Å²) in [5.74, 6) is -6.95. The Balaban J connectivity index is 1.65. The average molecular weight is 1250 g/mol. The molecule has 0 unspecified atom stereocenters. The molecule has 2 bridgehead atoms. The molecule has 0 spiro atoms. The number of likely N-dealkylation sites (N-methyl/N-ethyl adjacent to an activating group) is 6. The highest BCUT2D eigenvalue weighted by molar-refractivity contribution is 5.99. The van der Waals surface area contributed by atoms with E-state index < -0.39 is 120 Å². The topological polar surface area (TPSA) is 250 Å². The van der Waals surface area contributed by atoms with Crippen LogP contribution in [0.1, 0.15) is 136 Å². The van der Waals surface area contributed by atoms with Crippen LogP contribution in [0.2, 0.25) is 0 Å². The molecule has 0 aliphatic carbocycles. The van der Waals surface area contributed by atoms with E-state index in [0.717, 1.165) is 29.7 Å². The van der Waals surface area contributed by atoms with Gasteiger partial charge in [-0.05, 0) is 98.5 Å². The maximum Gasteiger partial charge on any atom is 0.249 e. The molecule has 21 nitrogen and oxygen atoms in total. The Bertz CT molecular complexity index is 2990. The molecule has 0 aromatic heterocycles. The summed E-state index contributed by atoms with van der Waals surface area (Å²) in [5, 5.41) is 19.9. The molecule has 3 aromatic rings. The molecule has 3 heterocycles. The molecule has 11 atom stereocenters. The van der Waals surface area contributed by atoms with Gasteiger partial charge in [0, 0.05) is 68.2 Å². The Morgan fingerprint density at radius 3 is 1.41 bits per heavy atom. The summed E-state index contributed by atoms with van der Waals surface area (Å²) in [6.07, 6.45) is 1.53. The van der Waals surface area contributed by atoms with E-state index >= 15 is 4.79 Å². The van der Waals surface area contributed by atoms with Gasteiger partial charge in [-0.15, -0.1) is 0 Å². The fourth-order valence-electron chi connectivity index (χ4n) is 11.6. The van der Waals surface area contributed by atoms with Gasteiger partial charge in [0.1, 0.15) is 54.4 Å². The number of nitrogens with one attached hydrogen (secondary N) is 3. The van der Waals surface area contributed by atoms with Crippen LogP contribution >= 0.6 is 0 Å². The summed E-state index contributed by atoms with van der Waals surface area (Å²) >= 11 is 0. The van der Waals surface area contributed by atoms with Crippen molar-refractivity contribution in [2.24, 2.45) is 17.8 Å². The van der Waals surface area contributed by atoms with Crippen molar-refractivity contribution < 1.29 is 53.1 Å². The summed E-state index contributed by atoms with van der Waals surface area (Å²) in [6, 6.07) is 13.6. The molecule has 3 aliphatic heterocycles. The van der Waals surface area contributed by atoms with Gasteiger partial charge in [0.2, 0.25) is 59.1 Å². The molecule has 0 saturated carbocycles. The van der Waals surface area contributed by atoms with E-state index in [2.05, 4.69) is 22.5 Å². The third-order valence-electron chi connectivity index (χ3n) is 18.0. The minimum atomic E-state index is -1.64. The Morgan fingerprint density at radius 1 is 0.522 bits per heavy atom. The van der Waals surface area contributed by atoms with Crippen LogP contribution in [-0.4, -0.2) is 208 Å². The van der Waals surface area contributed by atoms with E-state index in [1.807, 2.05) is 65.0 Å². The molecule has 10 amide bonds. The van der Waals surface area contributed by atoms with Crippen LogP contribution in [0.5, 0.6) is 0 Å². The number of hydrogen-bond donors (Lipinski definition) is 4. The van der Waals surface area contributed by atoms with Crippen molar-refractivity contribution in [1.29, 1.82) is 0 Å². The fourth-order valence-corrected chi connectivity index (χ4v) is 11.6. The first-order chi connectivity index (χ1) is 42.4. The quantitative estimate of drug-likeness (QED) is 0.171. The van der Waals surface area contributed by atoms with Gasteiger partial charge in [0.25, 0.3) is 0 Å². The second kappa shape index (κ2) is 33.2. The number of amides is 10. The molecule has 90 heavy (non-hydrogen) atoms. The normalized spacial score (nSPS) is 25.2. The van der Waals surface area contributed by atoms with Gasteiger partial charge in [0.05, 0.1) is 12.5 Å². The van der Waals surface area contributed by atoms with Gasteiger partial charge in [0.15, 0.2) is 0 Å². The molecule has 6 rings (SSSR count). The number of fused-ring (bicyclic) bond motifs is 30. The van der Waals surface area contributed by atoms with Crippen molar-refractivity contribution in [3.8, 4) is 0 Å². The highest BCUT2D eigenvalue weighted by Crippen LogP contribution is 2.27. The molecule has 3 aliphatic rings. The number of nitrogens with zero attached hydrogens (tertiary/aromatic N) is 7. The van der Waals surface area contributed by atoms with Gasteiger partial charge in [-0.2, -0.15) is 0 Å². The number of carbonyl (C=O) groups is 10. The molecule has 1 saturated heterocycles. The summed E-state index contributed by atoms with van der Waals surface area (Å²) < 4.78 is 0. The fraction of sp³-hybridized carbons (Fsp3) is 0.565. The van der Waals surface area contributed by atoms with E-state index in [9.17, 15) is 48.3 Å². The first-order valence-electron chi connectivity index (χ1n) is 31.7. The van der Waals surface area contributed by atoms with Crippen molar-refractivity contribution >= 4 is 64.6 Å². The first kappa shape index (κ1) is 72.8. The van der Waals surface area contributed by atoms with Crippen molar-refractivity contribution in [3.05, 3.63) is 114 Å². The van der Waals surface area contributed by atoms with Crippen LogP contribution in [0.4, 0.5) is 0 Å². The Morgan fingerprint density at radius 2 is 0.944 bits per heavy atom. The van der Waals surface area contributed by atoms with Gasteiger partial charge in [-0.25, -0.2) is 0 Å². The number of piperidine rings is 1. The van der Waals surface area contributed by atoms with Gasteiger partial charge in [-0.3, -0.25) is 47.9 Å². The number of likely N-dealkylation sites (tertiary alicyclic amines) is 1.